The van der Waals surface area contributed by atoms with Crippen molar-refractivity contribution >= 4 is 17.8 Å². The third-order valence-corrected chi connectivity index (χ3v) is 3.48. The first kappa shape index (κ1) is 24.8. The molecule has 0 spiro atoms. The molecule has 0 aliphatic rings. The first-order valence-corrected chi connectivity index (χ1v) is 9.26. The van der Waals surface area contributed by atoms with Crippen LogP contribution >= 0.6 is 0 Å². The molecule has 0 rings (SSSR count). The van der Waals surface area contributed by atoms with Crippen molar-refractivity contribution in [1.29, 1.82) is 0 Å². The van der Waals surface area contributed by atoms with Crippen LogP contribution in [0, 0.1) is 0 Å². The van der Waals surface area contributed by atoms with Gasteiger partial charge in [0.05, 0.1) is 13.2 Å². The van der Waals surface area contributed by atoms with E-state index in [4.69, 9.17) is 14.9 Å². The summed E-state index contributed by atoms with van der Waals surface area (Å²) in [6.45, 7) is 3.03. The molecule has 0 saturated heterocycles. The number of rotatable bonds is 14. The number of nitrogens with one attached hydrogen (secondary N) is 2. The smallest absolute Gasteiger partial charge is 0.329 e. The molecule has 0 aliphatic heterocycles. The van der Waals surface area contributed by atoms with Crippen LogP contribution in [-0.2, 0) is 19.1 Å². The zero-order valence-electron chi connectivity index (χ0n) is 16.1. The van der Waals surface area contributed by atoms with Crippen LogP contribution < -0.4 is 10.6 Å². The molecule has 0 aromatic carbocycles. The molecule has 8 heteroatoms. The largest absolute Gasteiger partial charge is 0.456 e. The number of amides is 2. The quantitative estimate of drug-likeness (QED) is 0.257. The molecular formula is C19H32N2O6. The van der Waals surface area contributed by atoms with Gasteiger partial charge in [-0.1, -0.05) is 38.2 Å². The topological polar surface area (TPSA) is 125 Å². The molecule has 1 atom stereocenters. The number of hydrogen-bond acceptors (Lipinski definition) is 6. The highest BCUT2D eigenvalue weighted by molar-refractivity contribution is 5.85. The normalized spacial score (nSPS) is 12.5. The molecule has 8 nitrogen and oxygen atoms in total. The highest BCUT2D eigenvalue weighted by Gasteiger charge is 2.24. The zero-order valence-corrected chi connectivity index (χ0v) is 16.1. The van der Waals surface area contributed by atoms with Gasteiger partial charge in [0.15, 0.2) is 0 Å². The van der Waals surface area contributed by atoms with Gasteiger partial charge in [-0.2, -0.15) is 0 Å². The van der Waals surface area contributed by atoms with Crippen LogP contribution in [0.2, 0.25) is 0 Å². The van der Waals surface area contributed by atoms with Gasteiger partial charge in [-0.25, -0.2) is 4.79 Å². The minimum atomic E-state index is -1.05. The van der Waals surface area contributed by atoms with E-state index in [2.05, 4.69) is 10.6 Å². The maximum absolute atomic E-state index is 12.2. The van der Waals surface area contributed by atoms with Gasteiger partial charge in [0, 0.05) is 19.4 Å². The first-order chi connectivity index (χ1) is 13.0. The molecule has 27 heavy (non-hydrogen) atoms. The van der Waals surface area contributed by atoms with E-state index in [1.165, 1.54) is 0 Å². The second-order valence-corrected chi connectivity index (χ2v) is 5.85. The summed E-state index contributed by atoms with van der Waals surface area (Å²) in [6.07, 6.45) is 8.27. The summed E-state index contributed by atoms with van der Waals surface area (Å²) in [5, 5.41) is 23.3. The molecule has 2 amide bonds. The van der Waals surface area contributed by atoms with Crippen LogP contribution in [0.5, 0.6) is 0 Å². The number of esters is 1. The van der Waals surface area contributed by atoms with Gasteiger partial charge < -0.3 is 25.6 Å². The van der Waals surface area contributed by atoms with E-state index < -0.39 is 31.3 Å². The van der Waals surface area contributed by atoms with Gasteiger partial charge in [-0.05, 0) is 19.3 Å². The molecule has 0 saturated carbocycles. The van der Waals surface area contributed by atoms with Gasteiger partial charge >= 0.3 is 5.97 Å². The highest BCUT2D eigenvalue weighted by Crippen LogP contribution is 2.01. The van der Waals surface area contributed by atoms with Gasteiger partial charge in [-0.3, -0.25) is 9.59 Å². The first-order valence-electron chi connectivity index (χ1n) is 9.26. The molecule has 0 heterocycles. The molecule has 1 unspecified atom stereocenters. The van der Waals surface area contributed by atoms with E-state index in [1.54, 1.807) is 12.2 Å². The minimum Gasteiger partial charge on any atom is -0.456 e. The second kappa shape index (κ2) is 16.0. The van der Waals surface area contributed by atoms with Gasteiger partial charge in [-0.15, -0.1) is 0 Å². The summed E-state index contributed by atoms with van der Waals surface area (Å²) in [7, 11) is 0. The summed E-state index contributed by atoms with van der Waals surface area (Å²) >= 11 is 0. The Labute approximate surface area is 160 Å². The number of aliphatic hydroxyl groups is 2. The van der Waals surface area contributed by atoms with Crippen molar-refractivity contribution in [3.63, 3.8) is 0 Å². The lowest BCUT2D eigenvalue weighted by Crippen LogP contribution is -2.45. The second-order valence-electron chi connectivity index (χ2n) is 5.85. The molecule has 0 aromatic heterocycles. The fraction of sp³-hybridized carbons (Fsp3) is 0.632. The van der Waals surface area contributed by atoms with E-state index in [0.29, 0.717) is 0 Å². The predicted molar refractivity (Wildman–Crippen MR) is 102 cm³/mol. The number of carbonyl (C=O) groups is 3. The third kappa shape index (κ3) is 12.7. The number of aliphatic hydroxyl groups excluding tert-OH is 2. The average molecular weight is 384 g/mol. The van der Waals surface area contributed by atoms with Gasteiger partial charge in [0.2, 0.25) is 11.8 Å². The number of allylic oxidation sites excluding steroid dienone is 2. The Kier molecular flexibility index (Phi) is 14.7. The number of ether oxygens (including phenoxy) is 1. The Morgan fingerprint density at radius 3 is 2.00 bits per heavy atom. The molecule has 0 aliphatic carbocycles. The molecule has 0 fully saturated rings. The maximum atomic E-state index is 12.2. The van der Waals surface area contributed by atoms with Crippen LogP contribution in [0.1, 0.15) is 46.0 Å². The molecule has 0 aromatic rings. The van der Waals surface area contributed by atoms with E-state index in [9.17, 15) is 14.4 Å². The third-order valence-electron chi connectivity index (χ3n) is 3.48. The van der Waals surface area contributed by atoms with Crippen molar-refractivity contribution < 1.29 is 29.3 Å². The summed E-state index contributed by atoms with van der Waals surface area (Å²) in [4.78, 5) is 35.9. The summed E-state index contributed by atoms with van der Waals surface area (Å²) < 4.78 is 4.98. The maximum Gasteiger partial charge on any atom is 0.329 e. The average Bonchev–Trinajstić information content (AvgIpc) is 2.65. The van der Waals surface area contributed by atoms with Gasteiger partial charge in [0.25, 0.3) is 0 Å². The fourth-order valence-corrected chi connectivity index (χ4v) is 2.02. The van der Waals surface area contributed by atoms with Crippen LogP contribution in [0.15, 0.2) is 24.3 Å². The van der Waals surface area contributed by atoms with E-state index in [1.807, 2.05) is 26.0 Å². The van der Waals surface area contributed by atoms with Gasteiger partial charge in [0.1, 0.15) is 12.1 Å². The summed E-state index contributed by atoms with van der Waals surface area (Å²) in [5.41, 5.74) is 0. The van der Waals surface area contributed by atoms with E-state index >= 15 is 0 Å². The number of carbonyl (C=O) groups excluding carboxylic acids is 3. The van der Waals surface area contributed by atoms with Crippen molar-refractivity contribution in [3.05, 3.63) is 24.3 Å². The Balaban J connectivity index is 4.69. The van der Waals surface area contributed by atoms with Crippen molar-refractivity contribution in [2.75, 3.05) is 19.8 Å². The van der Waals surface area contributed by atoms with Crippen molar-refractivity contribution in [2.45, 2.75) is 58.1 Å². The zero-order chi connectivity index (χ0) is 20.5. The van der Waals surface area contributed by atoms with Crippen molar-refractivity contribution in [3.8, 4) is 0 Å². The SMILES string of the molecule is CC/C=C\CC(=O)NCCC(NC(=O)C/C=C\CC)C(=O)OC(CO)CO. The lowest BCUT2D eigenvalue weighted by molar-refractivity contribution is -0.157. The Morgan fingerprint density at radius 1 is 0.926 bits per heavy atom. The monoisotopic (exact) mass is 384 g/mol. The standard InChI is InChI=1S/C19H32N2O6/c1-3-5-7-9-17(24)20-12-11-16(19(26)27-15(13-22)14-23)21-18(25)10-8-6-4-2/h5-8,15-16,22-23H,3-4,9-14H2,1-2H3,(H,20,24)(H,21,25)/b7-5-,8-6-. The Morgan fingerprint density at radius 2 is 1.48 bits per heavy atom. The predicted octanol–water partition coefficient (Wildman–Crippen LogP) is 0.587. The van der Waals surface area contributed by atoms with Crippen LogP contribution in [0.25, 0.3) is 0 Å². The highest BCUT2D eigenvalue weighted by atomic mass is 16.6. The lowest BCUT2D eigenvalue weighted by Gasteiger charge is -2.20. The summed E-state index contributed by atoms with van der Waals surface area (Å²) in [5.74, 6) is -1.31. The molecule has 0 radical (unpaired) electrons. The summed E-state index contributed by atoms with van der Waals surface area (Å²) in [6, 6.07) is -0.986. The molecule has 4 N–H and O–H groups in total. The van der Waals surface area contributed by atoms with E-state index in [0.717, 1.165) is 12.8 Å². The molecule has 0 bridgehead atoms. The Hall–Kier alpha value is -2.19. The van der Waals surface area contributed by atoms with Crippen LogP contribution in [0.3, 0.4) is 0 Å². The molecule has 154 valence electrons. The Bertz CT molecular complexity index is 500. The lowest BCUT2D eigenvalue weighted by atomic mass is 10.2. The van der Waals surface area contributed by atoms with Crippen molar-refractivity contribution in [2.24, 2.45) is 0 Å². The van der Waals surface area contributed by atoms with Crippen LogP contribution in [-0.4, -0.2) is 59.9 Å². The number of hydrogen-bond donors (Lipinski definition) is 4. The van der Waals surface area contributed by atoms with E-state index in [-0.39, 0.29) is 37.6 Å². The fourth-order valence-electron chi connectivity index (χ4n) is 2.02. The van der Waals surface area contributed by atoms with Crippen LogP contribution in [0.4, 0.5) is 0 Å². The minimum absolute atomic E-state index is 0.120. The molecular weight excluding hydrogens is 352 g/mol. The van der Waals surface area contributed by atoms with Crippen molar-refractivity contribution in [1.82, 2.24) is 10.6 Å².